The summed E-state index contributed by atoms with van der Waals surface area (Å²) in [6, 6.07) is 0. The first-order valence-corrected chi connectivity index (χ1v) is 8.39. The van der Waals surface area contributed by atoms with Crippen LogP contribution in [0.25, 0.3) is 0 Å². The molecule has 0 aromatic carbocycles. The number of nitrogens with one attached hydrogen (secondary N) is 1. The maximum Gasteiger partial charge on any atom is 0.151 e. The lowest BCUT2D eigenvalue weighted by Crippen LogP contribution is -2.27. The highest BCUT2D eigenvalue weighted by molar-refractivity contribution is 7.91. The molecule has 4 heteroatoms. The molecular weight excluding hydrogens is 222 g/mol. The van der Waals surface area contributed by atoms with Crippen molar-refractivity contribution in [3.05, 3.63) is 0 Å². The first kappa shape index (κ1) is 12.4. The normalized spacial score (nSPS) is 22.8. The van der Waals surface area contributed by atoms with E-state index in [9.17, 15) is 8.42 Å². The molecule has 0 amide bonds. The quantitative estimate of drug-likeness (QED) is 0.693. The van der Waals surface area contributed by atoms with Gasteiger partial charge in [0.05, 0.1) is 11.5 Å². The Hall–Kier alpha value is -0.0900. The summed E-state index contributed by atoms with van der Waals surface area (Å²) in [6.07, 6.45) is 7.33. The summed E-state index contributed by atoms with van der Waals surface area (Å²) in [4.78, 5) is 0. The summed E-state index contributed by atoms with van der Waals surface area (Å²) < 4.78 is 23.6. The zero-order valence-corrected chi connectivity index (χ0v) is 10.8. The van der Waals surface area contributed by atoms with Crippen molar-refractivity contribution in [2.45, 2.75) is 38.5 Å². The Morgan fingerprint density at radius 2 is 1.69 bits per heavy atom. The van der Waals surface area contributed by atoms with Gasteiger partial charge in [0, 0.05) is 6.54 Å². The van der Waals surface area contributed by atoms with Crippen LogP contribution in [0, 0.1) is 11.8 Å². The lowest BCUT2D eigenvalue weighted by Gasteiger charge is -2.10. The van der Waals surface area contributed by atoms with Crippen molar-refractivity contribution in [3.63, 3.8) is 0 Å². The minimum absolute atomic E-state index is 0.330. The predicted molar refractivity (Wildman–Crippen MR) is 66.2 cm³/mol. The first-order chi connectivity index (χ1) is 7.66. The Bertz CT molecular complexity index is 303. The molecule has 2 fully saturated rings. The van der Waals surface area contributed by atoms with Gasteiger partial charge in [-0.15, -0.1) is 0 Å². The van der Waals surface area contributed by atoms with Crippen molar-refractivity contribution in [2.75, 3.05) is 24.6 Å². The second-order valence-corrected chi connectivity index (χ2v) is 7.64. The molecule has 0 heterocycles. The largest absolute Gasteiger partial charge is 0.315 e. The Balaban J connectivity index is 1.61. The number of rotatable bonds is 7. The maximum absolute atomic E-state index is 11.8. The van der Waals surface area contributed by atoms with Gasteiger partial charge < -0.3 is 5.32 Å². The molecule has 94 valence electrons. The van der Waals surface area contributed by atoms with E-state index in [1.165, 1.54) is 25.7 Å². The van der Waals surface area contributed by atoms with E-state index in [2.05, 4.69) is 5.32 Å². The lowest BCUT2D eigenvalue weighted by molar-refractivity contribution is 0.554. The zero-order valence-electron chi connectivity index (χ0n) is 9.95. The molecule has 0 spiro atoms. The molecule has 2 rings (SSSR count). The number of hydrogen-bond donors (Lipinski definition) is 1. The third kappa shape index (κ3) is 4.42. The maximum atomic E-state index is 11.8. The van der Waals surface area contributed by atoms with E-state index >= 15 is 0 Å². The summed E-state index contributed by atoms with van der Waals surface area (Å²) >= 11 is 0. The van der Waals surface area contributed by atoms with Crippen LogP contribution >= 0.6 is 0 Å². The lowest BCUT2D eigenvalue weighted by atomic mass is 10.1. The second-order valence-electron chi connectivity index (χ2n) is 5.41. The highest BCUT2D eigenvalue weighted by Gasteiger charge is 2.23. The topological polar surface area (TPSA) is 46.2 Å². The fourth-order valence-electron chi connectivity index (χ4n) is 2.48. The SMILES string of the molecule is O=S(=O)(CCNCC1CC1)CC1CCCC1. The molecular formula is C12H23NO2S. The summed E-state index contributed by atoms with van der Waals surface area (Å²) in [5.74, 6) is 2.04. The minimum atomic E-state index is -2.81. The van der Waals surface area contributed by atoms with E-state index in [0.717, 1.165) is 25.3 Å². The van der Waals surface area contributed by atoms with Crippen LogP contribution in [0.15, 0.2) is 0 Å². The van der Waals surface area contributed by atoms with Crippen molar-refractivity contribution in [3.8, 4) is 0 Å². The predicted octanol–water partition coefficient (Wildman–Crippen LogP) is 1.59. The molecule has 2 aliphatic carbocycles. The van der Waals surface area contributed by atoms with E-state index in [1.807, 2.05) is 0 Å². The van der Waals surface area contributed by atoms with Crippen LogP contribution in [0.5, 0.6) is 0 Å². The zero-order chi connectivity index (χ0) is 11.4. The van der Waals surface area contributed by atoms with E-state index in [0.29, 0.717) is 24.0 Å². The molecule has 0 saturated heterocycles. The average molecular weight is 245 g/mol. The molecule has 0 atom stereocenters. The molecule has 3 nitrogen and oxygen atoms in total. The molecule has 2 saturated carbocycles. The molecule has 0 aliphatic heterocycles. The molecule has 0 aromatic heterocycles. The van der Waals surface area contributed by atoms with Gasteiger partial charge in [-0.3, -0.25) is 0 Å². The third-order valence-electron chi connectivity index (χ3n) is 3.68. The Morgan fingerprint density at radius 1 is 1.00 bits per heavy atom. The average Bonchev–Trinajstić information content (AvgIpc) is 2.91. The smallest absolute Gasteiger partial charge is 0.151 e. The van der Waals surface area contributed by atoms with Gasteiger partial charge in [0.15, 0.2) is 9.84 Å². The highest BCUT2D eigenvalue weighted by atomic mass is 32.2. The Labute approximate surface area is 98.9 Å². The number of sulfone groups is 1. The van der Waals surface area contributed by atoms with Crippen molar-refractivity contribution >= 4 is 9.84 Å². The van der Waals surface area contributed by atoms with Crippen LogP contribution in [-0.4, -0.2) is 33.0 Å². The van der Waals surface area contributed by atoms with Gasteiger partial charge in [0.25, 0.3) is 0 Å². The van der Waals surface area contributed by atoms with Gasteiger partial charge in [0.2, 0.25) is 0 Å². The van der Waals surface area contributed by atoms with Gasteiger partial charge >= 0.3 is 0 Å². The van der Waals surface area contributed by atoms with Crippen molar-refractivity contribution < 1.29 is 8.42 Å². The minimum Gasteiger partial charge on any atom is -0.315 e. The molecule has 0 bridgehead atoms. The fourth-order valence-corrected chi connectivity index (χ4v) is 4.15. The van der Waals surface area contributed by atoms with Crippen LogP contribution in [0.3, 0.4) is 0 Å². The van der Waals surface area contributed by atoms with Gasteiger partial charge in [-0.1, -0.05) is 12.8 Å². The Morgan fingerprint density at radius 3 is 2.31 bits per heavy atom. The fraction of sp³-hybridized carbons (Fsp3) is 1.00. The van der Waals surface area contributed by atoms with Crippen molar-refractivity contribution in [1.29, 1.82) is 0 Å². The summed E-state index contributed by atoms with van der Waals surface area (Å²) in [5, 5.41) is 3.25. The Kier molecular flexibility index (Phi) is 4.25. The van der Waals surface area contributed by atoms with Gasteiger partial charge in [-0.2, -0.15) is 0 Å². The van der Waals surface area contributed by atoms with Crippen molar-refractivity contribution in [2.24, 2.45) is 11.8 Å². The highest BCUT2D eigenvalue weighted by Crippen LogP contribution is 2.27. The van der Waals surface area contributed by atoms with Crippen LogP contribution in [0.1, 0.15) is 38.5 Å². The first-order valence-electron chi connectivity index (χ1n) is 6.57. The van der Waals surface area contributed by atoms with Gasteiger partial charge in [-0.25, -0.2) is 8.42 Å². The van der Waals surface area contributed by atoms with E-state index in [4.69, 9.17) is 0 Å². The monoisotopic (exact) mass is 245 g/mol. The van der Waals surface area contributed by atoms with Crippen LogP contribution in [0.4, 0.5) is 0 Å². The van der Waals surface area contributed by atoms with E-state index in [-0.39, 0.29) is 0 Å². The van der Waals surface area contributed by atoms with Crippen molar-refractivity contribution in [1.82, 2.24) is 5.32 Å². The van der Waals surface area contributed by atoms with Crippen LogP contribution in [0.2, 0.25) is 0 Å². The van der Waals surface area contributed by atoms with Crippen LogP contribution < -0.4 is 5.32 Å². The standard InChI is InChI=1S/C12H23NO2S/c14-16(15,10-12-3-1-2-4-12)8-7-13-9-11-5-6-11/h11-13H,1-10H2. The second kappa shape index (κ2) is 5.50. The van der Waals surface area contributed by atoms with Crippen LogP contribution in [-0.2, 0) is 9.84 Å². The molecule has 0 aromatic rings. The number of hydrogen-bond acceptors (Lipinski definition) is 3. The molecule has 1 N–H and O–H groups in total. The summed E-state index contributed by atoms with van der Waals surface area (Å²) in [6.45, 7) is 1.66. The van der Waals surface area contributed by atoms with Gasteiger partial charge in [-0.05, 0) is 44.1 Å². The molecule has 2 aliphatic rings. The molecule has 0 radical (unpaired) electrons. The molecule has 0 unspecified atom stereocenters. The van der Waals surface area contributed by atoms with E-state index < -0.39 is 9.84 Å². The summed E-state index contributed by atoms with van der Waals surface area (Å²) in [5.41, 5.74) is 0. The van der Waals surface area contributed by atoms with Gasteiger partial charge in [0.1, 0.15) is 0 Å². The van der Waals surface area contributed by atoms with E-state index in [1.54, 1.807) is 0 Å². The summed E-state index contributed by atoms with van der Waals surface area (Å²) in [7, 11) is -2.81. The molecule has 16 heavy (non-hydrogen) atoms. The third-order valence-corrected chi connectivity index (χ3v) is 5.49.